The van der Waals surface area contributed by atoms with Crippen LogP contribution in [0.25, 0.3) is 21.9 Å². The highest BCUT2D eigenvalue weighted by Gasteiger charge is 2.22. The minimum Gasteiger partial charge on any atom is -0.326 e. The van der Waals surface area contributed by atoms with Gasteiger partial charge in [-0.1, -0.05) is 63.2 Å². The number of anilines is 2. The third kappa shape index (κ3) is 4.17. The second kappa shape index (κ2) is 7.23. The van der Waals surface area contributed by atoms with E-state index in [0.717, 1.165) is 33.3 Å². The molecule has 0 saturated heterocycles. The maximum Gasteiger partial charge on any atom is 0.229 e. The summed E-state index contributed by atoms with van der Waals surface area (Å²) in [5.41, 5.74) is 2.67. The Kier molecular flexibility index (Phi) is 5.00. The number of para-hydroxylation sites is 1. The van der Waals surface area contributed by atoms with Gasteiger partial charge in [-0.05, 0) is 29.0 Å². The fourth-order valence-electron chi connectivity index (χ4n) is 2.89. The van der Waals surface area contributed by atoms with Crippen LogP contribution in [-0.2, 0) is 9.59 Å². The number of hydrogen-bond acceptors (Lipinski definition) is 2. The van der Waals surface area contributed by atoms with Crippen molar-refractivity contribution in [2.75, 3.05) is 10.6 Å². The highest BCUT2D eigenvalue weighted by molar-refractivity contribution is 6.04. The average molecular weight is 360 g/mol. The molecular weight excluding hydrogens is 336 g/mol. The Labute approximate surface area is 159 Å². The van der Waals surface area contributed by atoms with Gasteiger partial charge in [0.05, 0.1) is 0 Å². The van der Waals surface area contributed by atoms with E-state index in [-0.39, 0.29) is 11.8 Å². The van der Waals surface area contributed by atoms with Gasteiger partial charge in [-0.25, -0.2) is 0 Å². The highest BCUT2D eigenvalue weighted by Crippen LogP contribution is 2.37. The Morgan fingerprint density at radius 3 is 1.96 bits per heavy atom. The monoisotopic (exact) mass is 360 g/mol. The molecule has 4 nitrogen and oxygen atoms in total. The zero-order chi connectivity index (χ0) is 19.6. The summed E-state index contributed by atoms with van der Waals surface area (Å²) < 4.78 is 0. The van der Waals surface area contributed by atoms with Crippen LogP contribution in [0.3, 0.4) is 0 Å². The van der Waals surface area contributed by atoms with Gasteiger partial charge in [0.1, 0.15) is 0 Å². The molecule has 4 heteroatoms. The molecule has 2 N–H and O–H groups in total. The first kappa shape index (κ1) is 18.6. The second-order valence-corrected chi connectivity index (χ2v) is 7.68. The van der Waals surface area contributed by atoms with Crippen LogP contribution >= 0.6 is 0 Å². The largest absolute Gasteiger partial charge is 0.326 e. The van der Waals surface area contributed by atoms with Gasteiger partial charge < -0.3 is 10.6 Å². The van der Waals surface area contributed by atoms with Crippen molar-refractivity contribution in [1.82, 2.24) is 0 Å². The minimum absolute atomic E-state index is 0.0585. The molecule has 3 rings (SSSR count). The smallest absolute Gasteiger partial charge is 0.229 e. The fourth-order valence-corrected chi connectivity index (χ4v) is 2.89. The molecule has 0 saturated carbocycles. The first-order chi connectivity index (χ1) is 12.8. The molecule has 0 aromatic heterocycles. The van der Waals surface area contributed by atoms with E-state index in [0.29, 0.717) is 0 Å². The van der Waals surface area contributed by atoms with Crippen molar-refractivity contribution in [1.29, 1.82) is 0 Å². The molecule has 2 amide bonds. The first-order valence-corrected chi connectivity index (χ1v) is 8.97. The third-order valence-electron chi connectivity index (χ3n) is 4.34. The van der Waals surface area contributed by atoms with Crippen molar-refractivity contribution >= 4 is 34.0 Å². The average Bonchev–Trinajstić information content (AvgIpc) is 2.60. The highest BCUT2D eigenvalue weighted by atomic mass is 16.2. The van der Waals surface area contributed by atoms with E-state index in [1.807, 2.05) is 81.4 Å². The summed E-state index contributed by atoms with van der Waals surface area (Å²) >= 11 is 0. The molecule has 0 bridgehead atoms. The molecule has 0 unspecified atom stereocenters. The predicted octanol–water partition coefficient (Wildman–Crippen LogP) is 5.45. The maximum absolute atomic E-state index is 12.5. The van der Waals surface area contributed by atoms with Gasteiger partial charge in [-0.3, -0.25) is 9.59 Å². The van der Waals surface area contributed by atoms with Crippen LogP contribution in [0.15, 0.2) is 60.7 Å². The van der Waals surface area contributed by atoms with Crippen LogP contribution in [0, 0.1) is 5.41 Å². The lowest BCUT2D eigenvalue weighted by atomic mass is 9.94. The van der Waals surface area contributed by atoms with Crippen LogP contribution in [-0.4, -0.2) is 11.8 Å². The zero-order valence-electron chi connectivity index (χ0n) is 16.1. The van der Waals surface area contributed by atoms with Crippen molar-refractivity contribution in [3.05, 3.63) is 60.7 Å². The molecule has 0 radical (unpaired) electrons. The van der Waals surface area contributed by atoms with Gasteiger partial charge in [0.25, 0.3) is 0 Å². The SMILES string of the molecule is CC(=O)Nc1cc2ccccc2cc1-c1ccccc1NC(=O)C(C)(C)C. The van der Waals surface area contributed by atoms with Crippen molar-refractivity contribution in [3.8, 4) is 11.1 Å². The second-order valence-electron chi connectivity index (χ2n) is 7.68. The summed E-state index contributed by atoms with van der Waals surface area (Å²) in [7, 11) is 0. The van der Waals surface area contributed by atoms with E-state index in [4.69, 9.17) is 0 Å². The lowest BCUT2D eigenvalue weighted by Gasteiger charge is -2.20. The van der Waals surface area contributed by atoms with Crippen molar-refractivity contribution in [2.45, 2.75) is 27.7 Å². The number of fused-ring (bicyclic) bond motifs is 1. The molecule has 0 fully saturated rings. The van der Waals surface area contributed by atoms with Crippen LogP contribution in [0.2, 0.25) is 0 Å². The summed E-state index contributed by atoms with van der Waals surface area (Å²) in [6.45, 7) is 7.13. The summed E-state index contributed by atoms with van der Waals surface area (Å²) in [5, 5.41) is 8.06. The maximum atomic E-state index is 12.5. The van der Waals surface area contributed by atoms with Crippen LogP contribution in [0.4, 0.5) is 11.4 Å². The number of rotatable bonds is 3. The standard InChI is InChI=1S/C23H24N2O2/c1-15(26)24-21-14-17-10-6-5-9-16(17)13-19(21)18-11-7-8-12-20(18)25-22(27)23(2,3)4/h5-14H,1-4H3,(H,24,26)(H,25,27). The van der Waals surface area contributed by atoms with Gasteiger partial charge >= 0.3 is 0 Å². The molecule has 3 aromatic rings. The summed E-state index contributed by atoms with van der Waals surface area (Å²) in [5.74, 6) is -0.195. The van der Waals surface area contributed by atoms with E-state index < -0.39 is 5.41 Å². The van der Waals surface area contributed by atoms with Crippen LogP contribution in [0.1, 0.15) is 27.7 Å². The van der Waals surface area contributed by atoms with E-state index in [1.54, 1.807) is 0 Å². The van der Waals surface area contributed by atoms with Gasteiger partial charge in [0, 0.05) is 34.8 Å². The quantitative estimate of drug-likeness (QED) is 0.652. The molecule has 0 aliphatic carbocycles. The molecule has 138 valence electrons. The Morgan fingerprint density at radius 2 is 1.33 bits per heavy atom. The number of carbonyl (C=O) groups is 2. The molecule has 0 spiro atoms. The van der Waals surface area contributed by atoms with Crippen molar-refractivity contribution in [3.63, 3.8) is 0 Å². The Morgan fingerprint density at radius 1 is 0.741 bits per heavy atom. The number of amides is 2. The topological polar surface area (TPSA) is 58.2 Å². The predicted molar refractivity (Wildman–Crippen MR) is 112 cm³/mol. The molecule has 0 aliphatic rings. The lowest BCUT2D eigenvalue weighted by molar-refractivity contribution is -0.123. The third-order valence-corrected chi connectivity index (χ3v) is 4.34. The molecule has 0 heterocycles. The van der Waals surface area contributed by atoms with Gasteiger partial charge in [-0.15, -0.1) is 0 Å². The lowest BCUT2D eigenvalue weighted by Crippen LogP contribution is -2.27. The van der Waals surface area contributed by atoms with Crippen molar-refractivity contribution in [2.24, 2.45) is 5.41 Å². The Bertz CT molecular complexity index is 1020. The molecule has 0 atom stereocenters. The summed E-state index contributed by atoms with van der Waals surface area (Å²) in [6, 6.07) is 19.7. The van der Waals surface area contributed by atoms with E-state index >= 15 is 0 Å². The van der Waals surface area contributed by atoms with E-state index in [2.05, 4.69) is 10.6 Å². The number of benzene rings is 3. The van der Waals surface area contributed by atoms with Gasteiger partial charge in [-0.2, -0.15) is 0 Å². The molecule has 3 aromatic carbocycles. The van der Waals surface area contributed by atoms with Crippen molar-refractivity contribution < 1.29 is 9.59 Å². The normalized spacial score (nSPS) is 11.3. The summed E-state index contributed by atoms with van der Waals surface area (Å²) in [4.78, 5) is 24.3. The number of hydrogen-bond donors (Lipinski definition) is 2. The molecule has 27 heavy (non-hydrogen) atoms. The van der Waals surface area contributed by atoms with Crippen LogP contribution < -0.4 is 10.6 Å². The van der Waals surface area contributed by atoms with Crippen LogP contribution in [0.5, 0.6) is 0 Å². The number of carbonyl (C=O) groups excluding carboxylic acids is 2. The van der Waals surface area contributed by atoms with E-state index in [9.17, 15) is 9.59 Å². The van der Waals surface area contributed by atoms with Gasteiger partial charge in [0.2, 0.25) is 11.8 Å². The minimum atomic E-state index is -0.503. The summed E-state index contributed by atoms with van der Waals surface area (Å²) in [6.07, 6.45) is 0. The fraction of sp³-hybridized carbons (Fsp3) is 0.217. The van der Waals surface area contributed by atoms with Gasteiger partial charge in [0.15, 0.2) is 0 Å². The Hall–Kier alpha value is -3.14. The zero-order valence-corrected chi connectivity index (χ0v) is 16.1. The Balaban J connectivity index is 2.17. The molecular formula is C23H24N2O2. The van der Waals surface area contributed by atoms with E-state index in [1.165, 1.54) is 6.92 Å². The molecule has 0 aliphatic heterocycles. The first-order valence-electron chi connectivity index (χ1n) is 8.97. The number of nitrogens with one attached hydrogen (secondary N) is 2.